The Labute approximate surface area is 166 Å². The van der Waals surface area contributed by atoms with Crippen molar-refractivity contribution in [3.63, 3.8) is 0 Å². The molecule has 0 heterocycles. The summed E-state index contributed by atoms with van der Waals surface area (Å²) in [5, 5.41) is 0.261. The van der Waals surface area contributed by atoms with Gasteiger partial charge in [0, 0.05) is 11.3 Å². The van der Waals surface area contributed by atoms with Crippen LogP contribution in [0.5, 0.6) is 0 Å². The highest BCUT2D eigenvalue weighted by Crippen LogP contribution is 2.41. The van der Waals surface area contributed by atoms with Crippen molar-refractivity contribution in [2.24, 2.45) is 0 Å². The maximum Gasteiger partial charge on any atom is 0.305 e. The van der Waals surface area contributed by atoms with Crippen molar-refractivity contribution in [3.8, 4) is 0 Å². The van der Waals surface area contributed by atoms with E-state index in [0.29, 0.717) is 19.1 Å². The molecule has 1 rings (SSSR count). The molecule has 0 spiro atoms. The van der Waals surface area contributed by atoms with Crippen molar-refractivity contribution in [2.45, 2.75) is 103 Å². The number of hydrogen-bond acceptors (Lipinski definition) is 4. The molecule has 0 bridgehead atoms. The van der Waals surface area contributed by atoms with Crippen LogP contribution < -0.4 is 0 Å². The summed E-state index contributed by atoms with van der Waals surface area (Å²) in [7, 11) is -1.70. The third-order valence-corrected chi connectivity index (χ3v) is 11.1. The minimum absolute atomic E-state index is 0.0348. The molecule has 0 N–H and O–H groups in total. The monoisotopic (exact) mass is 400 g/mol. The Morgan fingerprint density at radius 2 is 1.96 bits per heavy atom. The smallest absolute Gasteiger partial charge is 0.305 e. The second-order valence-corrected chi connectivity index (χ2v) is 14.7. The van der Waals surface area contributed by atoms with E-state index in [9.17, 15) is 4.79 Å². The Kier molecular flexibility index (Phi) is 10.6. The minimum atomic E-state index is -1.70. The van der Waals surface area contributed by atoms with Gasteiger partial charge in [-0.1, -0.05) is 46.6 Å². The first-order valence-corrected chi connectivity index (χ1v) is 14.2. The molecule has 5 heteroatoms. The average Bonchev–Trinajstić information content (AvgIpc) is 2.96. The van der Waals surface area contributed by atoms with E-state index in [-0.39, 0.29) is 11.0 Å². The van der Waals surface area contributed by atoms with Crippen molar-refractivity contribution in [2.75, 3.05) is 12.4 Å². The lowest BCUT2D eigenvalue weighted by Gasteiger charge is -2.39. The van der Waals surface area contributed by atoms with Gasteiger partial charge in [0.1, 0.15) is 0 Å². The zero-order chi connectivity index (χ0) is 19.6. The lowest BCUT2D eigenvalue weighted by molar-refractivity contribution is -0.143. The molecular weight excluding hydrogens is 360 g/mol. The zero-order valence-corrected chi connectivity index (χ0v) is 19.7. The molecule has 0 radical (unpaired) electrons. The predicted molar refractivity (Wildman–Crippen MR) is 116 cm³/mol. The molecule has 1 aliphatic rings. The fraction of sp³-hybridized carbons (Fsp3) is 0.857. The first-order valence-electron chi connectivity index (χ1n) is 10.3. The second kappa shape index (κ2) is 11.6. The largest absolute Gasteiger partial charge is 0.466 e. The highest BCUT2D eigenvalue weighted by Gasteiger charge is 2.40. The summed E-state index contributed by atoms with van der Waals surface area (Å²) >= 11 is 1.96. The Morgan fingerprint density at radius 1 is 1.23 bits per heavy atom. The van der Waals surface area contributed by atoms with Crippen LogP contribution in [0.3, 0.4) is 0 Å². The number of carbonyl (C=O) groups is 1. The zero-order valence-electron chi connectivity index (χ0n) is 17.9. The molecule has 3 nitrogen and oxygen atoms in total. The first kappa shape index (κ1) is 23.8. The minimum Gasteiger partial charge on any atom is -0.466 e. The third kappa shape index (κ3) is 8.62. The van der Waals surface area contributed by atoms with Crippen LogP contribution in [0.4, 0.5) is 0 Å². The Bertz CT molecular complexity index is 455. The summed E-state index contributed by atoms with van der Waals surface area (Å²) < 4.78 is 11.8. The molecule has 0 aliphatic heterocycles. The SMILES string of the molecule is CCCCOC(=O)CCCCCSC1=CCC[C@H]1O[Si](C)(C)C(C)(C)C. The standard InChI is InChI=1S/C21H40O3SSi/c1-7-8-16-23-20(22)15-10-9-11-17-25-19-14-12-13-18(19)24-26(5,6)21(2,3)4/h14,18H,7-13,15-17H2,1-6H3/t18-/m1/s1. The van der Waals surface area contributed by atoms with Gasteiger partial charge in [0.2, 0.25) is 0 Å². The fourth-order valence-corrected chi connectivity index (χ4v) is 5.16. The quantitative estimate of drug-likeness (QED) is 0.208. The van der Waals surface area contributed by atoms with E-state index in [1.165, 1.54) is 4.91 Å². The third-order valence-electron chi connectivity index (χ3n) is 5.39. The van der Waals surface area contributed by atoms with Crippen LogP contribution in [-0.4, -0.2) is 32.8 Å². The highest BCUT2D eigenvalue weighted by atomic mass is 32.2. The molecule has 0 amide bonds. The van der Waals surface area contributed by atoms with E-state index >= 15 is 0 Å². The molecule has 0 aromatic rings. The van der Waals surface area contributed by atoms with Crippen LogP contribution in [-0.2, 0) is 14.0 Å². The molecule has 26 heavy (non-hydrogen) atoms. The van der Waals surface area contributed by atoms with Gasteiger partial charge in [0.15, 0.2) is 8.32 Å². The normalized spacial score (nSPS) is 18.1. The molecule has 1 aliphatic carbocycles. The Balaban J connectivity index is 2.19. The number of allylic oxidation sites excluding steroid dienone is 1. The second-order valence-electron chi connectivity index (χ2n) is 8.78. The fourth-order valence-electron chi connectivity index (χ4n) is 2.59. The Morgan fingerprint density at radius 3 is 2.62 bits per heavy atom. The van der Waals surface area contributed by atoms with E-state index < -0.39 is 8.32 Å². The lowest BCUT2D eigenvalue weighted by atomic mass is 10.2. The molecular formula is C21H40O3SSi. The molecule has 152 valence electrons. The summed E-state index contributed by atoms with van der Waals surface area (Å²) in [5.41, 5.74) is 0. The van der Waals surface area contributed by atoms with Crippen LogP contribution in [0.2, 0.25) is 18.1 Å². The van der Waals surface area contributed by atoms with Crippen LogP contribution in [0.1, 0.15) is 79.1 Å². The van der Waals surface area contributed by atoms with Gasteiger partial charge in [-0.15, -0.1) is 11.8 Å². The van der Waals surface area contributed by atoms with Crippen molar-refractivity contribution < 1.29 is 14.0 Å². The van der Waals surface area contributed by atoms with E-state index in [2.05, 4.69) is 46.9 Å². The van der Waals surface area contributed by atoms with Crippen molar-refractivity contribution >= 4 is 26.0 Å². The molecule has 0 aromatic heterocycles. The first-order chi connectivity index (χ1) is 12.2. The van der Waals surface area contributed by atoms with Gasteiger partial charge in [-0.05, 0) is 56.0 Å². The summed E-state index contributed by atoms with van der Waals surface area (Å²) in [6.45, 7) is 14.3. The number of hydrogen-bond donors (Lipinski definition) is 0. The van der Waals surface area contributed by atoms with E-state index in [1.807, 2.05) is 11.8 Å². The van der Waals surface area contributed by atoms with Gasteiger partial charge in [-0.3, -0.25) is 4.79 Å². The number of thioether (sulfide) groups is 1. The number of unbranched alkanes of at least 4 members (excludes halogenated alkanes) is 3. The number of ether oxygens (including phenoxy) is 1. The van der Waals surface area contributed by atoms with Gasteiger partial charge in [0.05, 0.1) is 12.7 Å². The maximum absolute atomic E-state index is 11.6. The molecule has 0 aromatic carbocycles. The van der Waals surface area contributed by atoms with Gasteiger partial charge in [-0.2, -0.15) is 0 Å². The van der Waals surface area contributed by atoms with Crippen LogP contribution in [0.25, 0.3) is 0 Å². The van der Waals surface area contributed by atoms with Crippen LogP contribution >= 0.6 is 11.8 Å². The van der Waals surface area contributed by atoms with Crippen LogP contribution in [0, 0.1) is 0 Å². The van der Waals surface area contributed by atoms with Crippen molar-refractivity contribution in [3.05, 3.63) is 11.0 Å². The molecule has 0 unspecified atom stereocenters. The van der Waals surface area contributed by atoms with Crippen molar-refractivity contribution in [1.82, 2.24) is 0 Å². The van der Waals surface area contributed by atoms with Gasteiger partial charge >= 0.3 is 5.97 Å². The highest BCUT2D eigenvalue weighted by molar-refractivity contribution is 8.03. The summed E-state index contributed by atoms with van der Waals surface area (Å²) in [6.07, 6.45) is 10.7. The lowest BCUT2D eigenvalue weighted by Crippen LogP contribution is -2.43. The molecule has 0 saturated heterocycles. The van der Waals surface area contributed by atoms with Crippen molar-refractivity contribution in [1.29, 1.82) is 0 Å². The van der Waals surface area contributed by atoms with E-state index in [4.69, 9.17) is 9.16 Å². The summed E-state index contributed by atoms with van der Waals surface area (Å²) in [5.74, 6) is 1.08. The van der Waals surface area contributed by atoms with Crippen LogP contribution in [0.15, 0.2) is 11.0 Å². The Hall–Kier alpha value is -0.263. The number of esters is 1. The van der Waals surface area contributed by atoms with E-state index in [1.54, 1.807) is 0 Å². The molecule has 0 saturated carbocycles. The molecule has 1 atom stereocenters. The van der Waals surface area contributed by atoms with Gasteiger partial charge in [-0.25, -0.2) is 0 Å². The van der Waals surface area contributed by atoms with E-state index in [0.717, 1.165) is 50.7 Å². The summed E-state index contributed by atoms with van der Waals surface area (Å²) in [6, 6.07) is 0. The maximum atomic E-state index is 11.6. The number of carbonyl (C=O) groups excluding carboxylic acids is 1. The van der Waals surface area contributed by atoms with Gasteiger partial charge in [0.25, 0.3) is 0 Å². The van der Waals surface area contributed by atoms with Gasteiger partial charge < -0.3 is 9.16 Å². The average molecular weight is 401 g/mol. The number of rotatable bonds is 12. The summed E-state index contributed by atoms with van der Waals surface area (Å²) in [4.78, 5) is 13.0. The topological polar surface area (TPSA) is 35.5 Å². The molecule has 0 fully saturated rings. The predicted octanol–water partition coefficient (Wildman–Crippen LogP) is 6.69.